The van der Waals surface area contributed by atoms with E-state index in [0.717, 1.165) is 25.1 Å². The molecule has 0 saturated carbocycles. The second-order valence-corrected chi connectivity index (χ2v) is 8.03. The Hall–Kier alpha value is -1.70. The van der Waals surface area contributed by atoms with Gasteiger partial charge < -0.3 is 5.32 Å². The summed E-state index contributed by atoms with van der Waals surface area (Å²) in [5, 5.41) is 11.7. The SMILES string of the molecule is CNc1nnc(SCC(=O)c2ccc(-c3ccc(Br)cc3)cc2)s1. The van der Waals surface area contributed by atoms with Gasteiger partial charge in [0.2, 0.25) is 5.13 Å². The summed E-state index contributed by atoms with van der Waals surface area (Å²) in [6, 6.07) is 15.8. The Bertz CT molecular complexity index is 832. The number of hydrogen-bond acceptors (Lipinski definition) is 6. The number of aromatic nitrogens is 2. The van der Waals surface area contributed by atoms with Gasteiger partial charge in [-0.1, -0.05) is 75.4 Å². The van der Waals surface area contributed by atoms with Gasteiger partial charge in [0.05, 0.1) is 5.75 Å². The van der Waals surface area contributed by atoms with Gasteiger partial charge in [0.1, 0.15) is 0 Å². The van der Waals surface area contributed by atoms with Crippen molar-refractivity contribution in [1.29, 1.82) is 0 Å². The zero-order chi connectivity index (χ0) is 16.9. The molecule has 1 N–H and O–H groups in total. The number of anilines is 1. The maximum Gasteiger partial charge on any atom is 0.206 e. The molecular weight excluding hydrogens is 406 g/mol. The van der Waals surface area contributed by atoms with Crippen LogP contribution < -0.4 is 5.32 Å². The predicted octanol–water partition coefficient (Wildman–Crippen LogP) is 4.98. The first-order valence-corrected chi connectivity index (χ1v) is 9.78. The molecule has 0 spiro atoms. The minimum absolute atomic E-state index is 0.0866. The average Bonchev–Trinajstić information content (AvgIpc) is 3.09. The molecule has 2 aromatic carbocycles. The van der Waals surface area contributed by atoms with E-state index in [1.165, 1.54) is 23.1 Å². The van der Waals surface area contributed by atoms with Crippen molar-refractivity contribution in [3.63, 3.8) is 0 Å². The lowest BCUT2D eigenvalue weighted by atomic mass is 10.0. The van der Waals surface area contributed by atoms with Crippen molar-refractivity contribution in [3.8, 4) is 11.1 Å². The molecule has 24 heavy (non-hydrogen) atoms. The van der Waals surface area contributed by atoms with Crippen LogP contribution in [0.5, 0.6) is 0 Å². The van der Waals surface area contributed by atoms with Crippen molar-refractivity contribution in [2.45, 2.75) is 4.34 Å². The van der Waals surface area contributed by atoms with E-state index < -0.39 is 0 Å². The number of halogens is 1. The van der Waals surface area contributed by atoms with Crippen LogP contribution in [0.4, 0.5) is 5.13 Å². The Balaban J connectivity index is 1.64. The van der Waals surface area contributed by atoms with Gasteiger partial charge in [-0.15, -0.1) is 10.2 Å². The van der Waals surface area contributed by atoms with Crippen LogP contribution in [0.1, 0.15) is 10.4 Å². The van der Waals surface area contributed by atoms with Gasteiger partial charge >= 0.3 is 0 Å². The number of carbonyl (C=O) groups is 1. The number of Topliss-reactive ketones (excluding diaryl/α,β-unsaturated/α-hetero) is 1. The smallest absolute Gasteiger partial charge is 0.206 e. The number of thioether (sulfide) groups is 1. The third kappa shape index (κ3) is 4.23. The molecular formula is C17H14BrN3OS2. The molecule has 0 aliphatic heterocycles. The normalized spacial score (nSPS) is 10.6. The summed E-state index contributed by atoms with van der Waals surface area (Å²) in [7, 11) is 1.80. The molecule has 0 radical (unpaired) electrons. The number of nitrogens with one attached hydrogen (secondary N) is 1. The first kappa shape index (κ1) is 17.1. The van der Waals surface area contributed by atoms with E-state index in [1.54, 1.807) is 7.05 Å². The third-order valence-electron chi connectivity index (χ3n) is 3.33. The van der Waals surface area contributed by atoms with Crippen molar-refractivity contribution >= 4 is 49.9 Å². The summed E-state index contributed by atoms with van der Waals surface area (Å²) >= 11 is 6.29. The number of rotatable bonds is 6. The maximum absolute atomic E-state index is 12.3. The molecule has 0 bridgehead atoms. The maximum atomic E-state index is 12.3. The van der Waals surface area contributed by atoms with Gasteiger partial charge in [-0.25, -0.2) is 0 Å². The number of benzene rings is 2. The fourth-order valence-electron chi connectivity index (χ4n) is 2.07. The quantitative estimate of drug-likeness (QED) is 0.450. The molecule has 122 valence electrons. The highest BCUT2D eigenvalue weighted by Crippen LogP contribution is 2.26. The fourth-order valence-corrected chi connectivity index (χ4v) is 3.93. The van der Waals surface area contributed by atoms with Crippen LogP contribution in [-0.2, 0) is 0 Å². The third-order valence-corrected chi connectivity index (χ3v) is 5.93. The van der Waals surface area contributed by atoms with Crippen molar-refractivity contribution in [2.75, 3.05) is 18.1 Å². The van der Waals surface area contributed by atoms with Crippen LogP contribution in [0.25, 0.3) is 11.1 Å². The molecule has 1 aromatic heterocycles. The van der Waals surface area contributed by atoms with Crippen molar-refractivity contribution in [1.82, 2.24) is 10.2 Å². The molecule has 4 nitrogen and oxygen atoms in total. The lowest BCUT2D eigenvalue weighted by Crippen LogP contribution is -2.01. The lowest BCUT2D eigenvalue weighted by Gasteiger charge is -2.04. The topological polar surface area (TPSA) is 54.9 Å². The average molecular weight is 420 g/mol. The Labute approximate surface area is 156 Å². The van der Waals surface area contributed by atoms with Gasteiger partial charge in [0, 0.05) is 17.1 Å². The minimum Gasteiger partial charge on any atom is -0.363 e. The van der Waals surface area contributed by atoms with Crippen LogP contribution in [0.2, 0.25) is 0 Å². The lowest BCUT2D eigenvalue weighted by molar-refractivity contribution is 0.102. The molecule has 0 atom stereocenters. The zero-order valence-corrected chi connectivity index (χ0v) is 16.0. The number of nitrogens with zero attached hydrogens (tertiary/aromatic N) is 2. The predicted molar refractivity (Wildman–Crippen MR) is 104 cm³/mol. The number of carbonyl (C=O) groups excluding carboxylic acids is 1. The van der Waals surface area contributed by atoms with E-state index in [-0.39, 0.29) is 5.78 Å². The Morgan fingerprint density at radius 2 is 1.71 bits per heavy atom. The minimum atomic E-state index is 0.0866. The summed E-state index contributed by atoms with van der Waals surface area (Å²) < 4.78 is 1.84. The van der Waals surface area contributed by atoms with E-state index >= 15 is 0 Å². The molecule has 3 aromatic rings. The molecule has 1 heterocycles. The van der Waals surface area contributed by atoms with Crippen LogP contribution in [0.3, 0.4) is 0 Å². The highest BCUT2D eigenvalue weighted by atomic mass is 79.9. The molecule has 7 heteroatoms. The number of hydrogen-bond donors (Lipinski definition) is 1. The molecule has 0 amide bonds. The molecule has 0 aliphatic rings. The van der Waals surface area contributed by atoms with E-state index in [9.17, 15) is 4.79 Å². The van der Waals surface area contributed by atoms with E-state index in [0.29, 0.717) is 11.3 Å². The standard InChI is InChI=1S/C17H14BrN3OS2/c1-19-16-20-21-17(24-16)23-10-15(22)13-4-2-11(3-5-13)12-6-8-14(18)9-7-12/h2-9H,10H2,1H3,(H,19,20). The van der Waals surface area contributed by atoms with Gasteiger partial charge in [-0.05, 0) is 23.3 Å². The molecule has 3 rings (SSSR count). The van der Waals surface area contributed by atoms with Crippen LogP contribution >= 0.6 is 39.0 Å². The van der Waals surface area contributed by atoms with Crippen molar-refractivity contribution in [3.05, 3.63) is 58.6 Å². The summed E-state index contributed by atoms with van der Waals surface area (Å²) in [6.07, 6.45) is 0. The van der Waals surface area contributed by atoms with Gasteiger partial charge in [-0.3, -0.25) is 4.79 Å². The highest BCUT2D eigenvalue weighted by molar-refractivity contribution is 9.10. The van der Waals surface area contributed by atoms with E-state index in [1.807, 2.05) is 48.5 Å². The van der Waals surface area contributed by atoms with Gasteiger partial charge in [-0.2, -0.15) is 0 Å². The first-order valence-electron chi connectivity index (χ1n) is 7.19. The summed E-state index contributed by atoms with van der Waals surface area (Å²) in [6.45, 7) is 0. The number of ketones is 1. The van der Waals surface area contributed by atoms with Gasteiger partial charge in [0.15, 0.2) is 10.1 Å². The molecule has 0 fully saturated rings. The summed E-state index contributed by atoms with van der Waals surface area (Å²) in [5.41, 5.74) is 2.93. The Morgan fingerprint density at radius 3 is 2.29 bits per heavy atom. The molecule has 0 unspecified atom stereocenters. The fraction of sp³-hybridized carbons (Fsp3) is 0.118. The molecule has 0 saturated heterocycles. The largest absolute Gasteiger partial charge is 0.363 e. The highest BCUT2D eigenvalue weighted by Gasteiger charge is 2.10. The Kier molecular flexibility index (Phi) is 5.65. The second kappa shape index (κ2) is 7.92. The van der Waals surface area contributed by atoms with Crippen LogP contribution in [0.15, 0.2) is 57.3 Å². The monoisotopic (exact) mass is 419 g/mol. The van der Waals surface area contributed by atoms with E-state index in [2.05, 4.69) is 31.4 Å². The summed E-state index contributed by atoms with van der Waals surface area (Å²) in [4.78, 5) is 12.3. The second-order valence-electron chi connectivity index (χ2n) is 4.92. The summed E-state index contributed by atoms with van der Waals surface area (Å²) in [5.74, 6) is 0.444. The van der Waals surface area contributed by atoms with Crippen molar-refractivity contribution < 1.29 is 4.79 Å². The zero-order valence-electron chi connectivity index (χ0n) is 12.8. The van der Waals surface area contributed by atoms with Crippen LogP contribution in [0, 0.1) is 0 Å². The molecule has 0 aliphatic carbocycles. The van der Waals surface area contributed by atoms with Crippen LogP contribution in [-0.4, -0.2) is 28.8 Å². The van der Waals surface area contributed by atoms with Gasteiger partial charge in [0.25, 0.3) is 0 Å². The van der Waals surface area contributed by atoms with E-state index in [4.69, 9.17) is 0 Å². The Morgan fingerprint density at radius 1 is 1.08 bits per heavy atom. The van der Waals surface area contributed by atoms with Crippen molar-refractivity contribution in [2.24, 2.45) is 0 Å². The first-order chi connectivity index (χ1) is 11.7.